The summed E-state index contributed by atoms with van der Waals surface area (Å²) in [7, 11) is 0. The number of hydrogen-bond acceptors (Lipinski definition) is 1. The van der Waals surface area contributed by atoms with Crippen molar-refractivity contribution in [2.24, 2.45) is 0 Å². The van der Waals surface area contributed by atoms with Crippen LogP contribution in [0.2, 0.25) is 5.02 Å². The Morgan fingerprint density at radius 2 is 1.86 bits per heavy atom. The van der Waals surface area contributed by atoms with Crippen molar-refractivity contribution in [1.29, 1.82) is 0 Å². The maximum Gasteiger partial charge on any atom is 0.0776 e. The van der Waals surface area contributed by atoms with Crippen LogP contribution >= 0.6 is 11.6 Å². The third kappa shape index (κ3) is 2.49. The fraction of sp³-hybridized carbons (Fsp3) is 0.500. The zero-order chi connectivity index (χ0) is 10.9. The Kier molecular flexibility index (Phi) is 3.23. The van der Waals surface area contributed by atoms with Crippen LogP contribution in [0.5, 0.6) is 0 Å². The van der Waals surface area contributed by atoms with E-state index in [-0.39, 0.29) is 5.41 Å². The second-order valence-corrected chi connectivity index (χ2v) is 5.07. The molecule has 0 bridgehead atoms. The van der Waals surface area contributed by atoms with E-state index >= 15 is 0 Å². The van der Waals surface area contributed by atoms with Crippen LogP contribution in [0.15, 0.2) is 18.2 Å². The molecule has 0 amide bonds. The minimum Gasteiger partial charge on any atom is -0.389 e. The Labute approximate surface area is 90.7 Å². The average Bonchev–Trinajstić information content (AvgIpc) is 2.02. The lowest BCUT2D eigenvalue weighted by Crippen LogP contribution is -2.11. The zero-order valence-corrected chi connectivity index (χ0v) is 9.89. The quantitative estimate of drug-likeness (QED) is 0.753. The second-order valence-electron chi connectivity index (χ2n) is 4.66. The van der Waals surface area contributed by atoms with Crippen LogP contribution in [0, 0.1) is 0 Å². The summed E-state index contributed by atoms with van der Waals surface area (Å²) in [5.41, 5.74) is 2.09. The van der Waals surface area contributed by atoms with Crippen molar-refractivity contribution < 1.29 is 5.11 Å². The Morgan fingerprint density at radius 3 is 2.29 bits per heavy atom. The van der Waals surface area contributed by atoms with Gasteiger partial charge in [0.15, 0.2) is 0 Å². The molecule has 0 heterocycles. The van der Waals surface area contributed by atoms with Gasteiger partial charge in [0.1, 0.15) is 0 Å². The molecule has 14 heavy (non-hydrogen) atoms. The van der Waals surface area contributed by atoms with Crippen LogP contribution in [-0.2, 0) is 5.41 Å². The highest BCUT2D eigenvalue weighted by molar-refractivity contribution is 6.31. The van der Waals surface area contributed by atoms with Gasteiger partial charge in [0, 0.05) is 5.02 Å². The molecule has 1 aromatic carbocycles. The molecule has 1 unspecified atom stereocenters. The molecule has 2 heteroatoms. The summed E-state index contributed by atoms with van der Waals surface area (Å²) in [4.78, 5) is 0. The molecule has 0 saturated heterocycles. The Morgan fingerprint density at radius 1 is 1.29 bits per heavy atom. The highest BCUT2D eigenvalue weighted by atomic mass is 35.5. The van der Waals surface area contributed by atoms with E-state index in [2.05, 4.69) is 20.8 Å². The summed E-state index contributed by atoms with van der Waals surface area (Å²) in [5, 5.41) is 10.1. The summed E-state index contributed by atoms with van der Waals surface area (Å²) in [6.45, 7) is 8.15. The lowest BCUT2D eigenvalue weighted by Gasteiger charge is -2.21. The Hall–Kier alpha value is -0.530. The van der Waals surface area contributed by atoms with Gasteiger partial charge in [-0.2, -0.15) is 0 Å². The smallest absolute Gasteiger partial charge is 0.0776 e. The van der Waals surface area contributed by atoms with Crippen LogP contribution in [0.4, 0.5) is 0 Å². The number of rotatable bonds is 1. The van der Waals surface area contributed by atoms with E-state index in [1.54, 1.807) is 6.92 Å². The van der Waals surface area contributed by atoms with E-state index in [1.807, 2.05) is 18.2 Å². The largest absolute Gasteiger partial charge is 0.389 e. The van der Waals surface area contributed by atoms with Gasteiger partial charge in [-0.15, -0.1) is 0 Å². The van der Waals surface area contributed by atoms with Gasteiger partial charge in [0.2, 0.25) is 0 Å². The molecule has 0 saturated carbocycles. The van der Waals surface area contributed by atoms with Gasteiger partial charge in [-0.1, -0.05) is 44.5 Å². The summed E-state index contributed by atoms with van der Waals surface area (Å²) >= 11 is 5.98. The number of halogens is 1. The van der Waals surface area contributed by atoms with E-state index in [0.717, 1.165) is 5.56 Å². The van der Waals surface area contributed by atoms with Crippen LogP contribution < -0.4 is 0 Å². The predicted octanol–water partition coefficient (Wildman–Crippen LogP) is 3.69. The molecule has 1 atom stereocenters. The summed E-state index contributed by atoms with van der Waals surface area (Å²) in [6, 6.07) is 5.84. The predicted molar refractivity (Wildman–Crippen MR) is 60.8 cm³/mol. The summed E-state index contributed by atoms with van der Waals surface area (Å²) in [6.07, 6.45) is -0.509. The van der Waals surface area contributed by atoms with Crippen molar-refractivity contribution in [3.05, 3.63) is 34.3 Å². The van der Waals surface area contributed by atoms with E-state index in [0.29, 0.717) is 5.02 Å². The van der Waals surface area contributed by atoms with Crippen LogP contribution in [0.25, 0.3) is 0 Å². The van der Waals surface area contributed by atoms with Gasteiger partial charge in [-0.05, 0) is 29.5 Å². The Bertz CT molecular complexity index is 324. The molecule has 0 aliphatic carbocycles. The molecule has 1 rings (SSSR count). The number of aliphatic hydroxyl groups excluding tert-OH is 1. The van der Waals surface area contributed by atoms with Crippen molar-refractivity contribution in [2.75, 3.05) is 0 Å². The van der Waals surface area contributed by atoms with E-state index in [1.165, 1.54) is 5.56 Å². The molecular weight excluding hydrogens is 196 g/mol. The number of benzene rings is 1. The van der Waals surface area contributed by atoms with Gasteiger partial charge in [0.25, 0.3) is 0 Å². The number of aliphatic hydroxyl groups is 1. The highest BCUT2D eigenvalue weighted by Gasteiger charge is 2.16. The summed E-state index contributed by atoms with van der Waals surface area (Å²) in [5.74, 6) is 0. The van der Waals surface area contributed by atoms with Gasteiger partial charge >= 0.3 is 0 Å². The van der Waals surface area contributed by atoms with Crippen LogP contribution in [-0.4, -0.2) is 5.11 Å². The zero-order valence-electron chi connectivity index (χ0n) is 9.13. The van der Waals surface area contributed by atoms with Gasteiger partial charge < -0.3 is 5.11 Å². The molecule has 0 spiro atoms. The van der Waals surface area contributed by atoms with Gasteiger partial charge in [-0.3, -0.25) is 0 Å². The SMILES string of the molecule is CC(O)c1cc(C(C)(C)C)ccc1Cl. The fourth-order valence-electron chi connectivity index (χ4n) is 1.33. The minimum absolute atomic E-state index is 0.0915. The van der Waals surface area contributed by atoms with E-state index in [4.69, 9.17) is 11.6 Å². The first-order valence-corrected chi connectivity index (χ1v) is 5.18. The van der Waals surface area contributed by atoms with Crippen molar-refractivity contribution in [2.45, 2.75) is 39.2 Å². The van der Waals surface area contributed by atoms with Crippen molar-refractivity contribution in [3.63, 3.8) is 0 Å². The first kappa shape index (κ1) is 11.5. The van der Waals surface area contributed by atoms with Crippen molar-refractivity contribution >= 4 is 11.6 Å². The fourth-order valence-corrected chi connectivity index (χ4v) is 1.61. The van der Waals surface area contributed by atoms with Crippen LogP contribution in [0.1, 0.15) is 44.9 Å². The third-order valence-electron chi connectivity index (χ3n) is 2.31. The molecule has 0 aromatic heterocycles. The topological polar surface area (TPSA) is 20.2 Å². The summed E-state index contributed by atoms with van der Waals surface area (Å²) < 4.78 is 0. The molecule has 0 radical (unpaired) electrons. The maximum atomic E-state index is 9.51. The van der Waals surface area contributed by atoms with Gasteiger partial charge in [-0.25, -0.2) is 0 Å². The molecule has 1 aromatic rings. The maximum absolute atomic E-state index is 9.51. The van der Waals surface area contributed by atoms with Crippen molar-refractivity contribution in [3.8, 4) is 0 Å². The average molecular weight is 213 g/mol. The first-order valence-electron chi connectivity index (χ1n) is 4.80. The monoisotopic (exact) mass is 212 g/mol. The lowest BCUT2D eigenvalue weighted by molar-refractivity contribution is 0.199. The molecule has 78 valence electrons. The lowest BCUT2D eigenvalue weighted by atomic mass is 9.86. The normalized spacial score (nSPS) is 14.1. The highest BCUT2D eigenvalue weighted by Crippen LogP contribution is 2.29. The molecule has 1 N–H and O–H groups in total. The molecule has 0 fully saturated rings. The molecule has 0 aliphatic rings. The second kappa shape index (κ2) is 3.92. The Balaban J connectivity index is 3.20. The molecule has 1 nitrogen and oxygen atoms in total. The standard InChI is InChI=1S/C12H17ClO/c1-8(14)10-7-9(12(2,3)4)5-6-11(10)13/h5-8,14H,1-4H3. The minimum atomic E-state index is -0.509. The van der Waals surface area contributed by atoms with Crippen LogP contribution in [0.3, 0.4) is 0 Å². The van der Waals surface area contributed by atoms with Crippen molar-refractivity contribution in [1.82, 2.24) is 0 Å². The molecule has 0 aliphatic heterocycles. The third-order valence-corrected chi connectivity index (χ3v) is 2.66. The van der Waals surface area contributed by atoms with Gasteiger partial charge in [0.05, 0.1) is 6.10 Å². The first-order chi connectivity index (χ1) is 6.32. The number of hydrogen-bond donors (Lipinski definition) is 1. The molecular formula is C12H17ClO. The van der Waals surface area contributed by atoms with E-state index in [9.17, 15) is 5.11 Å². The van der Waals surface area contributed by atoms with E-state index < -0.39 is 6.10 Å².